The molecule has 0 saturated heterocycles. The Hall–Kier alpha value is -2.93. The minimum atomic E-state index is 0.204. The second kappa shape index (κ2) is 4.78. The minimum Gasteiger partial charge on any atom is -0.300 e. The minimum absolute atomic E-state index is 0.204. The lowest BCUT2D eigenvalue weighted by Gasteiger charge is -2.12. The summed E-state index contributed by atoms with van der Waals surface area (Å²) in [5.41, 5.74) is 6.30. The van der Waals surface area contributed by atoms with Crippen LogP contribution in [0.2, 0.25) is 0 Å². The van der Waals surface area contributed by atoms with Crippen molar-refractivity contribution in [2.24, 2.45) is 0 Å². The highest BCUT2D eigenvalue weighted by atomic mass is 16.1. The number of Topliss-reactive ketones (excluding diaryl/α,β-unsaturated/α-hetero) is 1. The van der Waals surface area contributed by atoms with E-state index < -0.39 is 0 Å². The van der Waals surface area contributed by atoms with Gasteiger partial charge in [0.25, 0.3) is 0 Å². The first-order valence-corrected chi connectivity index (χ1v) is 8.30. The quantitative estimate of drug-likeness (QED) is 0.378. The highest BCUT2D eigenvalue weighted by Crippen LogP contribution is 2.50. The maximum absolute atomic E-state index is 11.8. The Morgan fingerprint density at radius 3 is 2.25 bits per heavy atom. The smallest absolute Gasteiger partial charge is 0.134 e. The Morgan fingerprint density at radius 2 is 1.46 bits per heavy atom. The molecular formula is C23H16O. The first kappa shape index (κ1) is 13.5. The standard InChI is InChI=1S/C23H16O/c1-14(24)12-16-10-11-20-18-8-4-5-9-19(18)21-13-15-6-2-3-7-17(15)22(16)23(20)21/h2-11,13H,12H2,1H3. The second-order valence-corrected chi connectivity index (χ2v) is 6.59. The third-order valence-corrected chi connectivity index (χ3v) is 5.04. The van der Waals surface area contributed by atoms with Crippen LogP contribution in [0.25, 0.3) is 43.8 Å². The first-order valence-electron chi connectivity index (χ1n) is 8.30. The predicted molar refractivity (Wildman–Crippen MR) is 100 cm³/mol. The molecule has 0 atom stereocenters. The number of hydrogen-bond donors (Lipinski definition) is 0. The Bertz CT molecular complexity index is 1150. The molecule has 0 saturated carbocycles. The van der Waals surface area contributed by atoms with E-state index in [1.165, 1.54) is 43.8 Å². The van der Waals surface area contributed by atoms with Crippen molar-refractivity contribution >= 4 is 27.3 Å². The summed E-state index contributed by atoms with van der Waals surface area (Å²) in [5, 5.41) is 5.02. The van der Waals surface area contributed by atoms with E-state index in [4.69, 9.17) is 0 Å². The Kier molecular flexibility index (Phi) is 2.69. The number of carbonyl (C=O) groups is 1. The van der Waals surface area contributed by atoms with Gasteiger partial charge in [-0.3, -0.25) is 4.79 Å². The van der Waals surface area contributed by atoms with Crippen LogP contribution in [0, 0.1) is 0 Å². The largest absolute Gasteiger partial charge is 0.300 e. The summed E-state index contributed by atoms with van der Waals surface area (Å²) in [6, 6.07) is 23.7. The van der Waals surface area contributed by atoms with Crippen molar-refractivity contribution in [3.63, 3.8) is 0 Å². The summed E-state index contributed by atoms with van der Waals surface area (Å²) in [6.45, 7) is 1.67. The van der Waals surface area contributed by atoms with Crippen molar-refractivity contribution in [2.75, 3.05) is 0 Å². The van der Waals surface area contributed by atoms with Gasteiger partial charge in [0.15, 0.2) is 0 Å². The van der Waals surface area contributed by atoms with E-state index in [2.05, 4.69) is 66.7 Å². The molecular weight excluding hydrogens is 292 g/mol. The van der Waals surface area contributed by atoms with Crippen molar-refractivity contribution < 1.29 is 4.79 Å². The van der Waals surface area contributed by atoms with Crippen LogP contribution in [0.1, 0.15) is 12.5 Å². The molecule has 4 aromatic carbocycles. The molecule has 0 unspecified atom stereocenters. The van der Waals surface area contributed by atoms with Crippen LogP contribution in [0.4, 0.5) is 0 Å². The molecule has 0 radical (unpaired) electrons. The van der Waals surface area contributed by atoms with E-state index in [0.717, 1.165) is 5.56 Å². The number of hydrogen-bond acceptors (Lipinski definition) is 1. The van der Waals surface area contributed by atoms with Gasteiger partial charge in [0.05, 0.1) is 0 Å². The summed E-state index contributed by atoms with van der Waals surface area (Å²) < 4.78 is 0. The SMILES string of the molecule is CC(=O)Cc1ccc2c3c(cc4ccccc4c13)-c1ccccc1-2. The predicted octanol–water partition coefficient (Wildman–Crippen LogP) is 5.77. The summed E-state index contributed by atoms with van der Waals surface area (Å²) in [5.74, 6) is 0.204. The van der Waals surface area contributed by atoms with Crippen LogP contribution in [0.5, 0.6) is 0 Å². The average Bonchev–Trinajstić information content (AvgIpc) is 2.91. The van der Waals surface area contributed by atoms with E-state index >= 15 is 0 Å². The fourth-order valence-electron chi connectivity index (χ4n) is 4.12. The normalized spacial score (nSPS) is 11.9. The number of rotatable bonds is 2. The van der Waals surface area contributed by atoms with Gasteiger partial charge in [0.1, 0.15) is 5.78 Å². The number of carbonyl (C=O) groups excluding carboxylic acids is 1. The van der Waals surface area contributed by atoms with Gasteiger partial charge in [0, 0.05) is 6.42 Å². The van der Waals surface area contributed by atoms with Crippen molar-refractivity contribution in [1.29, 1.82) is 0 Å². The lowest BCUT2D eigenvalue weighted by molar-refractivity contribution is -0.116. The topological polar surface area (TPSA) is 17.1 Å². The molecule has 1 heteroatoms. The Labute approximate surface area is 140 Å². The zero-order valence-corrected chi connectivity index (χ0v) is 13.5. The van der Waals surface area contributed by atoms with Gasteiger partial charge in [-0.1, -0.05) is 60.7 Å². The van der Waals surface area contributed by atoms with E-state index in [9.17, 15) is 4.79 Å². The molecule has 24 heavy (non-hydrogen) atoms. The lowest BCUT2D eigenvalue weighted by atomic mass is 9.91. The third kappa shape index (κ3) is 1.73. The second-order valence-electron chi connectivity index (χ2n) is 6.59. The van der Waals surface area contributed by atoms with Gasteiger partial charge < -0.3 is 0 Å². The molecule has 1 aliphatic rings. The highest BCUT2D eigenvalue weighted by molar-refractivity contribution is 6.24. The fraction of sp³-hybridized carbons (Fsp3) is 0.0870. The van der Waals surface area contributed by atoms with Gasteiger partial charge in [0.2, 0.25) is 0 Å². The number of benzene rings is 4. The van der Waals surface area contributed by atoms with Gasteiger partial charge in [-0.15, -0.1) is 0 Å². The van der Waals surface area contributed by atoms with E-state index in [1.807, 2.05) is 0 Å². The van der Waals surface area contributed by atoms with Crippen molar-refractivity contribution in [1.82, 2.24) is 0 Å². The van der Waals surface area contributed by atoms with E-state index in [0.29, 0.717) is 6.42 Å². The maximum Gasteiger partial charge on any atom is 0.134 e. The van der Waals surface area contributed by atoms with Crippen LogP contribution in [0.15, 0.2) is 66.7 Å². The average molecular weight is 308 g/mol. The molecule has 1 nitrogen and oxygen atoms in total. The fourth-order valence-corrected chi connectivity index (χ4v) is 4.12. The summed E-state index contributed by atoms with van der Waals surface area (Å²) in [7, 11) is 0. The lowest BCUT2D eigenvalue weighted by Crippen LogP contribution is -1.98. The Balaban J connectivity index is 2.03. The molecule has 0 amide bonds. The van der Waals surface area contributed by atoms with E-state index in [-0.39, 0.29) is 5.78 Å². The highest BCUT2D eigenvalue weighted by Gasteiger charge is 2.23. The maximum atomic E-state index is 11.8. The zero-order chi connectivity index (χ0) is 16.3. The summed E-state index contributed by atoms with van der Waals surface area (Å²) in [6.07, 6.45) is 0.487. The van der Waals surface area contributed by atoms with Gasteiger partial charge in [-0.2, -0.15) is 0 Å². The monoisotopic (exact) mass is 308 g/mol. The van der Waals surface area contributed by atoms with Gasteiger partial charge in [-0.25, -0.2) is 0 Å². The van der Waals surface area contributed by atoms with Crippen molar-refractivity contribution in [3.8, 4) is 22.3 Å². The van der Waals surface area contributed by atoms with Crippen LogP contribution < -0.4 is 0 Å². The molecule has 0 N–H and O–H groups in total. The van der Waals surface area contributed by atoms with E-state index in [1.54, 1.807) is 6.92 Å². The van der Waals surface area contributed by atoms with Crippen LogP contribution in [-0.2, 0) is 11.2 Å². The van der Waals surface area contributed by atoms with Crippen molar-refractivity contribution in [2.45, 2.75) is 13.3 Å². The summed E-state index contributed by atoms with van der Waals surface area (Å²) in [4.78, 5) is 11.8. The molecule has 0 fully saturated rings. The molecule has 0 bridgehead atoms. The zero-order valence-electron chi connectivity index (χ0n) is 13.5. The molecule has 0 heterocycles. The van der Waals surface area contributed by atoms with Crippen LogP contribution >= 0.6 is 0 Å². The summed E-state index contributed by atoms with van der Waals surface area (Å²) >= 11 is 0. The molecule has 4 aromatic rings. The third-order valence-electron chi connectivity index (χ3n) is 5.04. The molecule has 0 aromatic heterocycles. The van der Waals surface area contributed by atoms with Crippen LogP contribution in [-0.4, -0.2) is 5.78 Å². The molecule has 114 valence electrons. The number of fused-ring (bicyclic) bond motifs is 5. The van der Waals surface area contributed by atoms with Crippen molar-refractivity contribution in [3.05, 3.63) is 72.3 Å². The molecule has 0 spiro atoms. The first-order chi connectivity index (χ1) is 11.7. The van der Waals surface area contributed by atoms with Crippen LogP contribution in [0.3, 0.4) is 0 Å². The molecule has 0 aliphatic heterocycles. The van der Waals surface area contributed by atoms with Gasteiger partial charge >= 0.3 is 0 Å². The molecule has 5 rings (SSSR count). The molecule has 1 aliphatic carbocycles. The Morgan fingerprint density at radius 1 is 0.750 bits per heavy atom. The van der Waals surface area contributed by atoms with Gasteiger partial charge in [-0.05, 0) is 62.4 Å². The number of ketones is 1.